The van der Waals surface area contributed by atoms with Gasteiger partial charge in [0, 0.05) is 37.7 Å². The maximum Gasteiger partial charge on any atom is 0.119 e. The van der Waals surface area contributed by atoms with Gasteiger partial charge in [-0.3, -0.25) is 0 Å². The Bertz CT molecular complexity index is 566. The van der Waals surface area contributed by atoms with E-state index in [9.17, 15) is 0 Å². The third kappa shape index (κ3) is 4.61. The second kappa shape index (κ2) is 7.69. The fourth-order valence-corrected chi connectivity index (χ4v) is 3.67. The molecule has 3 rings (SSSR count). The van der Waals surface area contributed by atoms with Crippen LogP contribution in [0.3, 0.4) is 0 Å². The van der Waals surface area contributed by atoms with Crippen molar-refractivity contribution in [1.29, 1.82) is 0 Å². The maximum atomic E-state index is 5.89. The minimum atomic E-state index is 0.794. The van der Waals surface area contributed by atoms with E-state index in [0.717, 1.165) is 37.2 Å². The Hall–Kier alpha value is -1.74. The van der Waals surface area contributed by atoms with Gasteiger partial charge in [-0.05, 0) is 61.1 Å². The van der Waals surface area contributed by atoms with Crippen LogP contribution in [0.2, 0.25) is 0 Å². The van der Waals surface area contributed by atoms with Crippen LogP contribution >= 0.6 is 0 Å². The molecule has 2 aromatic rings. The predicted octanol–water partition coefficient (Wildman–Crippen LogP) is 4.22. The fraction of sp³-hybridized carbons (Fsp3) is 0.500. The van der Waals surface area contributed by atoms with E-state index in [1.54, 1.807) is 0 Å². The molecule has 1 aliphatic heterocycles. The molecule has 0 radical (unpaired) electrons. The highest BCUT2D eigenvalue weighted by molar-refractivity contribution is 5.37. The number of likely N-dealkylation sites (tertiary alicyclic amines) is 1. The molecule has 1 aromatic heterocycles. The molecule has 1 aromatic carbocycles. The highest BCUT2D eigenvalue weighted by Crippen LogP contribution is 2.21. The van der Waals surface area contributed by atoms with Crippen LogP contribution in [-0.2, 0) is 0 Å². The zero-order chi connectivity index (χ0) is 16.1. The number of hydrogen-bond acceptors (Lipinski definition) is 2. The first-order valence-corrected chi connectivity index (χ1v) is 8.79. The summed E-state index contributed by atoms with van der Waals surface area (Å²) < 4.78 is 7.99. The first-order valence-electron chi connectivity index (χ1n) is 8.79. The summed E-state index contributed by atoms with van der Waals surface area (Å²) in [5.74, 6) is 2.63. The molecule has 2 atom stereocenters. The number of benzene rings is 1. The molecule has 0 bridgehead atoms. The highest BCUT2D eigenvalue weighted by atomic mass is 16.5. The highest BCUT2D eigenvalue weighted by Gasteiger charge is 2.20. The standard InChI is InChI=1S/C20H28N2O/c1-17-14-18(2)16-21(15-17)10-5-13-23-20-8-6-19(7-9-20)22-11-3-4-12-22/h3-4,6-9,11-12,17-18H,5,10,13-16H2,1-2H3. The largest absolute Gasteiger partial charge is 0.494 e. The molecule has 2 unspecified atom stereocenters. The molecule has 124 valence electrons. The van der Waals surface area contributed by atoms with E-state index < -0.39 is 0 Å². The third-order valence-corrected chi connectivity index (χ3v) is 4.57. The lowest BCUT2D eigenvalue weighted by Crippen LogP contribution is -2.39. The fourth-order valence-electron chi connectivity index (χ4n) is 3.67. The lowest BCUT2D eigenvalue weighted by Gasteiger charge is -2.34. The minimum Gasteiger partial charge on any atom is -0.494 e. The Labute approximate surface area is 139 Å². The first kappa shape index (κ1) is 16.1. The SMILES string of the molecule is CC1CC(C)CN(CCCOc2ccc(-n3cccc3)cc2)C1. The zero-order valence-corrected chi connectivity index (χ0v) is 14.3. The van der Waals surface area contributed by atoms with Crippen molar-refractivity contribution in [3.63, 3.8) is 0 Å². The van der Waals surface area contributed by atoms with Crippen molar-refractivity contribution in [2.45, 2.75) is 26.7 Å². The second-order valence-electron chi connectivity index (χ2n) is 6.99. The molecule has 0 N–H and O–H groups in total. The number of ether oxygens (including phenoxy) is 1. The van der Waals surface area contributed by atoms with Crippen LogP contribution in [0.5, 0.6) is 5.75 Å². The van der Waals surface area contributed by atoms with Gasteiger partial charge in [0.1, 0.15) is 5.75 Å². The van der Waals surface area contributed by atoms with Crippen molar-refractivity contribution in [3.05, 3.63) is 48.8 Å². The van der Waals surface area contributed by atoms with E-state index in [2.05, 4.69) is 60.0 Å². The molecular weight excluding hydrogens is 284 g/mol. The maximum absolute atomic E-state index is 5.89. The van der Waals surface area contributed by atoms with E-state index in [-0.39, 0.29) is 0 Å². The average molecular weight is 312 g/mol. The van der Waals surface area contributed by atoms with Gasteiger partial charge in [0.15, 0.2) is 0 Å². The minimum absolute atomic E-state index is 0.794. The van der Waals surface area contributed by atoms with Gasteiger partial charge >= 0.3 is 0 Å². The lowest BCUT2D eigenvalue weighted by molar-refractivity contribution is 0.132. The first-order chi connectivity index (χ1) is 11.2. The van der Waals surface area contributed by atoms with Crippen molar-refractivity contribution in [1.82, 2.24) is 9.47 Å². The van der Waals surface area contributed by atoms with E-state index >= 15 is 0 Å². The van der Waals surface area contributed by atoms with Crippen molar-refractivity contribution < 1.29 is 4.74 Å². The number of piperidine rings is 1. The van der Waals surface area contributed by atoms with E-state index in [1.165, 1.54) is 25.2 Å². The lowest BCUT2D eigenvalue weighted by atomic mass is 9.92. The zero-order valence-electron chi connectivity index (χ0n) is 14.3. The van der Waals surface area contributed by atoms with Crippen LogP contribution in [0.4, 0.5) is 0 Å². The smallest absolute Gasteiger partial charge is 0.119 e. The van der Waals surface area contributed by atoms with Gasteiger partial charge in [-0.25, -0.2) is 0 Å². The van der Waals surface area contributed by atoms with Crippen molar-refractivity contribution in [2.75, 3.05) is 26.2 Å². The van der Waals surface area contributed by atoms with E-state index in [0.29, 0.717) is 0 Å². The van der Waals surface area contributed by atoms with Crippen LogP contribution in [0.25, 0.3) is 5.69 Å². The molecule has 3 heteroatoms. The Morgan fingerprint density at radius 2 is 1.65 bits per heavy atom. The van der Waals surface area contributed by atoms with Crippen LogP contribution in [0.1, 0.15) is 26.7 Å². The molecule has 1 aliphatic rings. The van der Waals surface area contributed by atoms with Crippen LogP contribution < -0.4 is 4.74 Å². The number of aromatic nitrogens is 1. The summed E-state index contributed by atoms with van der Waals surface area (Å²) in [6.45, 7) is 9.17. The van der Waals surface area contributed by atoms with Crippen molar-refractivity contribution >= 4 is 0 Å². The van der Waals surface area contributed by atoms with E-state index in [1.807, 2.05) is 12.1 Å². The summed E-state index contributed by atoms with van der Waals surface area (Å²) in [7, 11) is 0. The van der Waals surface area contributed by atoms with Gasteiger partial charge in [-0.1, -0.05) is 13.8 Å². The summed E-state index contributed by atoms with van der Waals surface area (Å²) in [4.78, 5) is 2.59. The van der Waals surface area contributed by atoms with Gasteiger partial charge in [0.25, 0.3) is 0 Å². The molecule has 0 saturated carbocycles. The Balaban J connectivity index is 1.40. The molecule has 3 nitrogen and oxygen atoms in total. The monoisotopic (exact) mass is 312 g/mol. The van der Waals surface area contributed by atoms with Crippen molar-refractivity contribution in [3.8, 4) is 11.4 Å². The molecule has 23 heavy (non-hydrogen) atoms. The molecular formula is C20H28N2O. The Morgan fingerprint density at radius 1 is 1.00 bits per heavy atom. The van der Waals surface area contributed by atoms with Crippen LogP contribution in [-0.4, -0.2) is 35.7 Å². The van der Waals surface area contributed by atoms with Crippen molar-refractivity contribution in [2.24, 2.45) is 11.8 Å². The van der Waals surface area contributed by atoms with E-state index in [4.69, 9.17) is 4.74 Å². The average Bonchev–Trinajstić information content (AvgIpc) is 3.06. The summed E-state index contributed by atoms with van der Waals surface area (Å²) in [6, 6.07) is 12.4. The molecule has 1 fully saturated rings. The topological polar surface area (TPSA) is 17.4 Å². The normalized spacial score (nSPS) is 22.2. The quantitative estimate of drug-likeness (QED) is 0.743. The van der Waals surface area contributed by atoms with Gasteiger partial charge in [-0.2, -0.15) is 0 Å². The van der Waals surface area contributed by atoms with Gasteiger partial charge < -0.3 is 14.2 Å². The van der Waals surface area contributed by atoms with Gasteiger partial charge in [0.2, 0.25) is 0 Å². The number of rotatable bonds is 6. The third-order valence-electron chi connectivity index (χ3n) is 4.57. The Kier molecular flexibility index (Phi) is 5.39. The molecule has 2 heterocycles. The summed E-state index contributed by atoms with van der Waals surface area (Å²) in [5, 5.41) is 0. The Morgan fingerprint density at radius 3 is 2.30 bits per heavy atom. The van der Waals surface area contributed by atoms with Crippen LogP contribution in [0.15, 0.2) is 48.8 Å². The molecule has 0 amide bonds. The summed E-state index contributed by atoms with van der Waals surface area (Å²) in [6.07, 6.45) is 6.58. The number of hydrogen-bond donors (Lipinski definition) is 0. The second-order valence-corrected chi connectivity index (χ2v) is 6.99. The molecule has 0 spiro atoms. The van der Waals surface area contributed by atoms with Gasteiger partial charge in [-0.15, -0.1) is 0 Å². The number of nitrogens with zero attached hydrogens (tertiary/aromatic N) is 2. The summed E-state index contributed by atoms with van der Waals surface area (Å²) >= 11 is 0. The van der Waals surface area contributed by atoms with Crippen LogP contribution in [0, 0.1) is 11.8 Å². The molecule has 0 aliphatic carbocycles. The predicted molar refractivity (Wildman–Crippen MR) is 95.3 cm³/mol. The molecule has 1 saturated heterocycles. The van der Waals surface area contributed by atoms with Gasteiger partial charge in [0.05, 0.1) is 6.61 Å². The summed E-state index contributed by atoms with van der Waals surface area (Å²) in [5.41, 5.74) is 1.17.